The van der Waals surface area contributed by atoms with E-state index in [1.165, 1.54) is 6.42 Å². The standard InChI is InChI=1S/C11H20O2.C3H8/c1-4-5-10(12)8-11(13)7-6-9(2)3;1-3-2/h9H,4-8H2,1-3H3;3H2,1-2H3. The molecule has 0 N–H and O–H groups in total. The molecule has 0 aliphatic rings. The number of rotatable bonds is 7. The van der Waals surface area contributed by atoms with Gasteiger partial charge in [-0.15, -0.1) is 0 Å². The third kappa shape index (κ3) is 15.8. The summed E-state index contributed by atoms with van der Waals surface area (Å²) in [5.74, 6) is 0.744. The van der Waals surface area contributed by atoms with E-state index in [4.69, 9.17) is 0 Å². The highest BCUT2D eigenvalue weighted by atomic mass is 16.1. The second-order valence-corrected chi connectivity index (χ2v) is 4.64. The van der Waals surface area contributed by atoms with Crippen molar-refractivity contribution in [3.8, 4) is 0 Å². The molecule has 0 aliphatic heterocycles. The first-order chi connectivity index (χ1) is 7.47. The molecule has 0 aromatic carbocycles. The first kappa shape index (κ1) is 17.7. The largest absolute Gasteiger partial charge is 0.299 e. The topological polar surface area (TPSA) is 34.1 Å². The first-order valence-electron chi connectivity index (χ1n) is 6.51. The van der Waals surface area contributed by atoms with Gasteiger partial charge < -0.3 is 0 Å². The monoisotopic (exact) mass is 228 g/mol. The van der Waals surface area contributed by atoms with Crippen LogP contribution >= 0.6 is 0 Å². The maximum Gasteiger partial charge on any atom is 0.140 e. The molecule has 0 amide bonds. The van der Waals surface area contributed by atoms with E-state index in [0.717, 1.165) is 12.8 Å². The Labute approximate surface area is 101 Å². The van der Waals surface area contributed by atoms with Gasteiger partial charge in [-0.1, -0.05) is 41.0 Å². The van der Waals surface area contributed by atoms with Crippen LogP contribution in [0.2, 0.25) is 0 Å². The van der Waals surface area contributed by atoms with Gasteiger partial charge in [-0.2, -0.15) is 0 Å². The lowest BCUT2D eigenvalue weighted by atomic mass is 10.0. The number of ketones is 2. The average Bonchev–Trinajstić information content (AvgIpc) is 2.16. The summed E-state index contributed by atoms with van der Waals surface area (Å²) in [6, 6.07) is 0. The van der Waals surface area contributed by atoms with Crippen LogP contribution in [-0.4, -0.2) is 11.6 Å². The molecule has 0 radical (unpaired) electrons. The molecule has 0 aromatic heterocycles. The zero-order valence-corrected chi connectivity index (χ0v) is 11.6. The van der Waals surface area contributed by atoms with Gasteiger partial charge in [0.2, 0.25) is 0 Å². The Hall–Kier alpha value is -0.660. The fourth-order valence-electron chi connectivity index (χ4n) is 1.13. The molecule has 0 bridgehead atoms. The average molecular weight is 228 g/mol. The van der Waals surface area contributed by atoms with Crippen molar-refractivity contribution in [1.29, 1.82) is 0 Å². The van der Waals surface area contributed by atoms with E-state index in [1.54, 1.807) is 0 Å². The Morgan fingerprint density at radius 3 is 1.75 bits per heavy atom. The van der Waals surface area contributed by atoms with Gasteiger partial charge in [0.05, 0.1) is 6.42 Å². The van der Waals surface area contributed by atoms with Crippen LogP contribution in [0.1, 0.15) is 73.1 Å². The molecule has 96 valence electrons. The summed E-state index contributed by atoms with van der Waals surface area (Å²) in [7, 11) is 0. The van der Waals surface area contributed by atoms with Crippen LogP contribution in [0.5, 0.6) is 0 Å². The van der Waals surface area contributed by atoms with Gasteiger partial charge in [-0.3, -0.25) is 9.59 Å². The number of carbonyl (C=O) groups excluding carboxylic acids is 2. The van der Waals surface area contributed by atoms with Crippen molar-refractivity contribution in [3.63, 3.8) is 0 Å². The summed E-state index contributed by atoms with van der Waals surface area (Å²) in [5, 5.41) is 0. The minimum Gasteiger partial charge on any atom is -0.299 e. The second kappa shape index (κ2) is 12.4. The predicted octanol–water partition coefficient (Wildman–Crippen LogP) is 4.17. The SMILES string of the molecule is CCC.CCCC(=O)CC(=O)CCC(C)C. The van der Waals surface area contributed by atoms with Crippen LogP contribution in [0.25, 0.3) is 0 Å². The maximum atomic E-state index is 11.2. The van der Waals surface area contributed by atoms with Crippen molar-refractivity contribution in [2.45, 2.75) is 73.1 Å². The van der Waals surface area contributed by atoms with Gasteiger partial charge in [0.25, 0.3) is 0 Å². The summed E-state index contributed by atoms with van der Waals surface area (Å²) in [6.07, 6.45) is 4.26. The van der Waals surface area contributed by atoms with Crippen LogP contribution in [0.4, 0.5) is 0 Å². The molecule has 0 spiro atoms. The second-order valence-electron chi connectivity index (χ2n) is 4.64. The Bertz CT molecular complexity index is 183. The van der Waals surface area contributed by atoms with E-state index in [0.29, 0.717) is 18.8 Å². The van der Waals surface area contributed by atoms with Gasteiger partial charge in [0, 0.05) is 12.8 Å². The highest BCUT2D eigenvalue weighted by Gasteiger charge is 2.08. The van der Waals surface area contributed by atoms with E-state index >= 15 is 0 Å². The summed E-state index contributed by atoms with van der Waals surface area (Å²) in [4.78, 5) is 22.3. The van der Waals surface area contributed by atoms with Crippen LogP contribution in [-0.2, 0) is 9.59 Å². The molecule has 0 saturated carbocycles. The van der Waals surface area contributed by atoms with Gasteiger partial charge in [0.15, 0.2) is 0 Å². The summed E-state index contributed by atoms with van der Waals surface area (Å²) in [5.41, 5.74) is 0. The number of hydrogen-bond acceptors (Lipinski definition) is 2. The van der Waals surface area contributed by atoms with Gasteiger partial charge >= 0.3 is 0 Å². The van der Waals surface area contributed by atoms with Gasteiger partial charge in [-0.05, 0) is 18.8 Å². The van der Waals surface area contributed by atoms with Crippen molar-refractivity contribution in [3.05, 3.63) is 0 Å². The quantitative estimate of drug-likeness (QED) is 0.613. The zero-order valence-electron chi connectivity index (χ0n) is 11.6. The molecule has 16 heavy (non-hydrogen) atoms. The fourth-order valence-corrected chi connectivity index (χ4v) is 1.13. The Morgan fingerprint density at radius 1 is 0.938 bits per heavy atom. The number of carbonyl (C=O) groups is 2. The minimum atomic E-state index is 0.0938. The molecular weight excluding hydrogens is 200 g/mol. The van der Waals surface area contributed by atoms with E-state index in [9.17, 15) is 9.59 Å². The van der Waals surface area contributed by atoms with Gasteiger partial charge in [0.1, 0.15) is 11.6 Å². The number of Topliss-reactive ketones (excluding diaryl/α,β-unsaturated/α-hetero) is 2. The van der Waals surface area contributed by atoms with Crippen LogP contribution in [0.15, 0.2) is 0 Å². The molecule has 0 saturated heterocycles. The number of hydrogen-bond donors (Lipinski definition) is 0. The molecule has 0 aromatic rings. The van der Waals surface area contributed by atoms with Gasteiger partial charge in [-0.25, -0.2) is 0 Å². The normalized spacial score (nSPS) is 9.62. The molecule has 0 heterocycles. The molecular formula is C14H28O2. The molecule has 2 nitrogen and oxygen atoms in total. The zero-order chi connectivity index (χ0) is 13.0. The predicted molar refractivity (Wildman–Crippen MR) is 69.6 cm³/mol. The molecule has 0 fully saturated rings. The smallest absolute Gasteiger partial charge is 0.140 e. The van der Waals surface area contributed by atoms with E-state index in [-0.39, 0.29) is 18.0 Å². The first-order valence-corrected chi connectivity index (χ1v) is 6.51. The van der Waals surface area contributed by atoms with E-state index < -0.39 is 0 Å². The highest BCUT2D eigenvalue weighted by molar-refractivity contribution is 5.98. The molecule has 0 aliphatic carbocycles. The molecule has 2 heteroatoms. The van der Waals surface area contributed by atoms with Crippen molar-refractivity contribution in [1.82, 2.24) is 0 Å². The third-order valence-electron chi connectivity index (χ3n) is 1.92. The summed E-state index contributed by atoms with van der Waals surface area (Å²) in [6.45, 7) is 10.4. The Kier molecular flexibility index (Phi) is 13.7. The fraction of sp³-hybridized carbons (Fsp3) is 0.857. The minimum absolute atomic E-state index is 0.0938. The van der Waals surface area contributed by atoms with Crippen molar-refractivity contribution in [2.24, 2.45) is 5.92 Å². The summed E-state index contributed by atoms with van der Waals surface area (Å²) < 4.78 is 0. The van der Waals surface area contributed by atoms with Crippen LogP contribution < -0.4 is 0 Å². The molecule has 0 rings (SSSR count). The lowest BCUT2D eigenvalue weighted by Crippen LogP contribution is -2.08. The van der Waals surface area contributed by atoms with Crippen LogP contribution in [0.3, 0.4) is 0 Å². The lowest BCUT2D eigenvalue weighted by Gasteiger charge is -2.02. The third-order valence-corrected chi connectivity index (χ3v) is 1.92. The van der Waals surface area contributed by atoms with Crippen molar-refractivity contribution >= 4 is 11.6 Å². The summed E-state index contributed by atoms with van der Waals surface area (Å²) >= 11 is 0. The molecule has 0 atom stereocenters. The van der Waals surface area contributed by atoms with E-state index in [1.807, 2.05) is 6.92 Å². The van der Waals surface area contributed by atoms with E-state index in [2.05, 4.69) is 27.7 Å². The van der Waals surface area contributed by atoms with Crippen molar-refractivity contribution < 1.29 is 9.59 Å². The van der Waals surface area contributed by atoms with Crippen molar-refractivity contribution in [2.75, 3.05) is 0 Å². The lowest BCUT2D eigenvalue weighted by molar-refractivity contribution is -0.127. The Balaban J connectivity index is 0. The van der Waals surface area contributed by atoms with Crippen LogP contribution in [0, 0.1) is 5.92 Å². The molecule has 0 unspecified atom stereocenters. The maximum absolute atomic E-state index is 11.2. The Morgan fingerprint density at radius 2 is 1.38 bits per heavy atom. The highest BCUT2D eigenvalue weighted by Crippen LogP contribution is 2.06.